The maximum atomic E-state index is 3.68. The summed E-state index contributed by atoms with van der Waals surface area (Å²) in [5, 5.41) is 1.11. The average molecular weight is 332 g/mol. The Kier molecular flexibility index (Phi) is 3.56. The van der Waals surface area contributed by atoms with Crippen molar-refractivity contribution in [3.05, 3.63) is 34.3 Å². The van der Waals surface area contributed by atoms with Gasteiger partial charge in [0, 0.05) is 9.80 Å². The minimum Gasteiger partial charge on any atom is -0.0922 e. The fourth-order valence-electron chi connectivity index (χ4n) is 2.19. The van der Waals surface area contributed by atoms with Gasteiger partial charge >= 0.3 is 0 Å². The van der Waals surface area contributed by atoms with E-state index in [1.165, 1.54) is 29.3 Å². The molecule has 0 N–H and O–H groups in total. The summed E-state index contributed by atoms with van der Waals surface area (Å²) in [6, 6.07) is 8.68. The predicted molar refractivity (Wildman–Crippen MR) is 72.5 cm³/mol. The van der Waals surface area contributed by atoms with Gasteiger partial charge in [0.1, 0.15) is 0 Å². The van der Waals surface area contributed by atoms with Crippen LogP contribution in [0, 0.1) is 11.3 Å². The van der Waals surface area contributed by atoms with Gasteiger partial charge in [-0.3, -0.25) is 0 Å². The third-order valence-corrected chi connectivity index (χ3v) is 5.14. The molecule has 2 rings (SSSR count). The zero-order valence-electron chi connectivity index (χ0n) is 8.97. The van der Waals surface area contributed by atoms with Crippen LogP contribution in [0.4, 0.5) is 0 Å². The highest BCUT2D eigenvalue weighted by atomic mass is 79.9. The molecular weight excluding hydrogens is 316 g/mol. The maximum Gasteiger partial charge on any atom is 0.0177 e. The molecule has 0 radical (unpaired) electrons. The van der Waals surface area contributed by atoms with Crippen LogP contribution >= 0.6 is 31.9 Å². The normalized spacial score (nSPS) is 19.9. The minimum absolute atomic E-state index is 0.445. The third-order valence-electron chi connectivity index (χ3n) is 3.37. The maximum absolute atomic E-state index is 3.68. The summed E-state index contributed by atoms with van der Waals surface area (Å²) in [6.45, 7) is 2.40. The van der Waals surface area contributed by atoms with Gasteiger partial charge in [-0.15, -0.1) is 0 Å². The lowest BCUT2D eigenvalue weighted by Gasteiger charge is -2.27. The summed E-state index contributed by atoms with van der Waals surface area (Å²) in [5.74, 6) is 0.927. The van der Waals surface area contributed by atoms with Crippen LogP contribution in [0.5, 0.6) is 0 Å². The molecule has 1 unspecified atom stereocenters. The Morgan fingerprint density at radius 1 is 1.40 bits per heavy atom. The molecule has 0 aromatic heterocycles. The van der Waals surface area contributed by atoms with E-state index in [0.29, 0.717) is 5.41 Å². The summed E-state index contributed by atoms with van der Waals surface area (Å²) in [6.07, 6.45) is 4.01. The minimum atomic E-state index is 0.445. The molecule has 1 aliphatic rings. The molecular formula is C13H16Br2. The van der Waals surface area contributed by atoms with Gasteiger partial charge in [0.25, 0.3) is 0 Å². The highest BCUT2D eigenvalue weighted by Crippen LogP contribution is 2.48. The smallest absolute Gasteiger partial charge is 0.0177 e. The fourth-order valence-corrected chi connectivity index (χ4v) is 3.30. The third kappa shape index (κ3) is 2.85. The van der Waals surface area contributed by atoms with Crippen LogP contribution in [0.15, 0.2) is 28.7 Å². The molecule has 1 fully saturated rings. The van der Waals surface area contributed by atoms with Gasteiger partial charge in [-0.2, -0.15) is 0 Å². The van der Waals surface area contributed by atoms with Crippen molar-refractivity contribution in [2.45, 2.75) is 26.2 Å². The van der Waals surface area contributed by atoms with Crippen LogP contribution in [-0.2, 0) is 6.42 Å². The number of alkyl halides is 1. The van der Waals surface area contributed by atoms with Gasteiger partial charge in [0.2, 0.25) is 0 Å². The van der Waals surface area contributed by atoms with E-state index in [4.69, 9.17) is 0 Å². The number of hydrogen-bond donors (Lipinski definition) is 0. The number of benzene rings is 1. The molecule has 0 spiro atoms. The van der Waals surface area contributed by atoms with Gasteiger partial charge in [0.05, 0.1) is 0 Å². The highest BCUT2D eigenvalue weighted by Gasteiger charge is 2.40. The van der Waals surface area contributed by atoms with E-state index >= 15 is 0 Å². The standard InChI is InChI=1S/C13H16Br2/c1-13(9-14,11-5-6-11)8-10-3-2-4-12(15)7-10/h2-4,7,11H,5-6,8-9H2,1H3. The molecule has 15 heavy (non-hydrogen) atoms. The van der Waals surface area contributed by atoms with Crippen molar-refractivity contribution in [2.24, 2.45) is 11.3 Å². The molecule has 0 bridgehead atoms. The van der Waals surface area contributed by atoms with E-state index in [-0.39, 0.29) is 0 Å². The lowest BCUT2D eigenvalue weighted by atomic mass is 9.81. The van der Waals surface area contributed by atoms with E-state index < -0.39 is 0 Å². The second-order valence-corrected chi connectivity index (χ2v) is 6.35. The van der Waals surface area contributed by atoms with E-state index in [1.54, 1.807) is 0 Å². The van der Waals surface area contributed by atoms with Gasteiger partial charge in [-0.25, -0.2) is 0 Å². The van der Waals surface area contributed by atoms with Crippen LogP contribution in [0.2, 0.25) is 0 Å². The SMILES string of the molecule is CC(CBr)(Cc1cccc(Br)c1)C1CC1. The Bertz CT molecular complexity index is 344. The molecule has 0 heterocycles. The van der Waals surface area contributed by atoms with Crippen molar-refractivity contribution in [1.82, 2.24) is 0 Å². The molecule has 2 heteroatoms. The molecule has 0 nitrogen and oxygen atoms in total. The van der Waals surface area contributed by atoms with Crippen molar-refractivity contribution < 1.29 is 0 Å². The van der Waals surface area contributed by atoms with Crippen molar-refractivity contribution in [2.75, 3.05) is 5.33 Å². The van der Waals surface area contributed by atoms with Crippen molar-refractivity contribution >= 4 is 31.9 Å². The summed E-state index contributed by atoms with van der Waals surface area (Å²) >= 11 is 7.21. The molecule has 0 saturated heterocycles. The quantitative estimate of drug-likeness (QED) is 0.695. The first-order valence-electron chi connectivity index (χ1n) is 5.44. The van der Waals surface area contributed by atoms with E-state index in [2.05, 4.69) is 63.0 Å². The second kappa shape index (κ2) is 4.58. The Morgan fingerprint density at radius 3 is 2.67 bits per heavy atom. The summed E-state index contributed by atoms with van der Waals surface area (Å²) in [5.41, 5.74) is 1.89. The van der Waals surface area contributed by atoms with Crippen LogP contribution in [-0.4, -0.2) is 5.33 Å². The van der Waals surface area contributed by atoms with Crippen LogP contribution in [0.25, 0.3) is 0 Å². The van der Waals surface area contributed by atoms with Crippen LogP contribution in [0.3, 0.4) is 0 Å². The van der Waals surface area contributed by atoms with E-state index in [1.807, 2.05) is 0 Å². The molecule has 1 aromatic rings. The molecule has 1 saturated carbocycles. The molecule has 0 amide bonds. The van der Waals surface area contributed by atoms with Crippen LogP contribution in [0.1, 0.15) is 25.3 Å². The van der Waals surface area contributed by atoms with Crippen LogP contribution < -0.4 is 0 Å². The molecule has 1 atom stereocenters. The second-order valence-electron chi connectivity index (χ2n) is 4.87. The van der Waals surface area contributed by atoms with Gasteiger partial charge < -0.3 is 0 Å². The first kappa shape index (κ1) is 11.7. The number of rotatable bonds is 4. The Balaban J connectivity index is 2.12. The summed E-state index contributed by atoms with van der Waals surface area (Å²) < 4.78 is 1.19. The molecule has 1 aromatic carbocycles. The molecule has 1 aliphatic carbocycles. The first-order valence-corrected chi connectivity index (χ1v) is 7.36. The van der Waals surface area contributed by atoms with Crippen molar-refractivity contribution in [3.8, 4) is 0 Å². The zero-order valence-corrected chi connectivity index (χ0v) is 12.1. The largest absolute Gasteiger partial charge is 0.0922 e. The first-order chi connectivity index (χ1) is 7.14. The van der Waals surface area contributed by atoms with Gasteiger partial charge in [0.15, 0.2) is 0 Å². The average Bonchev–Trinajstić information content (AvgIpc) is 3.01. The predicted octanol–water partition coefficient (Wildman–Crippen LogP) is 4.80. The highest BCUT2D eigenvalue weighted by molar-refractivity contribution is 9.10. The fraction of sp³-hybridized carbons (Fsp3) is 0.538. The Hall–Kier alpha value is 0.180. The zero-order chi connectivity index (χ0) is 10.9. The van der Waals surface area contributed by atoms with E-state index in [0.717, 1.165) is 11.2 Å². The summed E-state index contributed by atoms with van der Waals surface area (Å²) in [7, 11) is 0. The summed E-state index contributed by atoms with van der Waals surface area (Å²) in [4.78, 5) is 0. The monoisotopic (exact) mass is 330 g/mol. The lowest BCUT2D eigenvalue weighted by Crippen LogP contribution is -2.24. The van der Waals surface area contributed by atoms with Crippen molar-refractivity contribution in [3.63, 3.8) is 0 Å². The Morgan fingerprint density at radius 2 is 2.13 bits per heavy atom. The van der Waals surface area contributed by atoms with Gasteiger partial charge in [-0.05, 0) is 48.3 Å². The van der Waals surface area contributed by atoms with Gasteiger partial charge in [-0.1, -0.05) is 50.9 Å². The Labute approximate surface area is 109 Å². The van der Waals surface area contributed by atoms with E-state index in [9.17, 15) is 0 Å². The lowest BCUT2D eigenvalue weighted by molar-refractivity contribution is 0.319. The number of hydrogen-bond acceptors (Lipinski definition) is 0. The number of halogens is 2. The topological polar surface area (TPSA) is 0 Å². The molecule has 82 valence electrons. The molecule has 0 aliphatic heterocycles. The van der Waals surface area contributed by atoms with Crippen molar-refractivity contribution in [1.29, 1.82) is 0 Å².